The molecule has 2 rings (SSSR count). The number of likely N-dealkylation sites (tertiary alicyclic amines) is 2. The molecule has 0 radical (unpaired) electrons. The molecule has 2 saturated heterocycles. The molecule has 2 aliphatic rings. The Bertz CT molecular complexity index is 353. The lowest BCUT2D eigenvalue weighted by atomic mass is 10.0. The number of carboxylic acids is 1. The van der Waals surface area contributed by atoms with Crippen molar-refractivity contribution in [2.45, 2.75) is 38.3 Å². The average molecular weight is 269 g/mol. The highest BCUT2D eigenvalue weighted by molar-refractivity contribution is 5.81. The third-order valence-electron chi connectivity index (χ3n) is 4.38. The van der Waals surface area contributed by atoms with Crippen LogP contribution in [0.2, 0.25) is 0 Å². The summed E-state index contributed by atoms with van der Waals surface area (Å²) < 4.78 is 0. The van der Waals surface area contributed by atoms with Gasteiger partial charge in [-0.3, -0.25) is 14.5 Å². The zero-order valence-corrected chi connectivity index (χ0v) is 11.4. The topological polar surface area (TPSA) is 86.9 Å². The van der Waals surface area contributed by atoms with Crippen LogP contribution in [0.5, 0.6) is 0 Å². The first-order chi connectivity index (χ1) is 8.99. The number of rotatable bonds is 3. The molecule has 1 amide bonds. The van der Waals surface area contributed by atoms with Crippen LogP contribution in [-0.4, -0.2) is 65.0 Å². The summed E-state index contributed by atoms with van der Waals surface area (Å²) in [6, 6.07) is 0.0606. The molecular formula is C13H23N3O3. The van der Waals surface area contributed by atoms with Gasteiger partial charge in [0.25, 0.3) is 0 Å². The fraction of sp³-hybridized carbons (Fsp3) is 0.846. The molecule has 2 aliphatic heterocycles. The zero-order chi connectivity index (χ0) is 14.0. The summed E-state index contributed by atoms with van der Waals surface area (Å²) in [5.41, 5.74) is 5.84. The number of nitrogens with zero attached hydrogens (tertiary/aromatic N) is 2. The van der Waals surface area contributed by atoms with Gasteiger partial charge in [-0.25, -0.2) is 0 Å². The van der Waals surface area contributed by atoms with Crippen LogP contribution >= 0.6 is 0 Å². The molecular weight excluding hydrogens is 246 g/mol. The molecule has 2 atom stereocenters. The van der Waals surface area contributed by atoms with E-state index < -0.39 is 11.9 Å². The first kappa shape index (κ1) is 14.3. The third kappa shape index (κ3) is 3.25. The Hall–Kier alpha value is -1.14. The van der Waals surface area contributed by atoms with E-state index in [0.29, 0.717) is 19.5 Å². The molecule has 0 spiro atoms. The number of carbonyl (C=O) groups excluding carboxylic acids is 1. The Labute approximate surface area is 113 Å². The van der Waals surface area contributed by atoms with E-state index >= 15 is 0 Å². The van der Waals surface area contributed by atoms with Gasteiger partial charge in [0.05, 0.1) is 12.5 Å². The Balaban J connectivity index is 1.85. The second kappa shape index (κ2) is 5.88. The lowest BCUT2D eigenvalue weighted by Gasteiger charge is -2.32. The van der Waals surface area contributed by atoms with E-state index in [1.165, 1.54) is 0 Å². The van der Waals surface area contributed by atoms with Crippen molar-refractivity contribution < 1.29 is 14.7 Å². The summed E-state index contributed by atoms with van der Waals surface area (Å²) in [6.07, 6.45) is 2.42. The second-order valence-corrected chi connectivity index (χ2v) is 5.67. The molecule has 2 heterocycles. The number of nitrogens with two attached hydrogens (primary N) is 1. The Morgan fingerprint density at radius 3 is 2.37 bits per heavy atom. The van der Waals surface area contributed by atoms with E-state index in [1.807, 2.05) is 6.92 Å². The van der Waals surface area contributed by atoms with Gasteiger partial charge in [-0.1, -0.05) is 0 Å². The van der Waals surface area contributed by atoms with Crippen molar-refractivity contribution in [2.75, 3.05) is 26.2 Å². The molecule has 19 heavy (non-hydrogen) atoms. The van der Waals surface area contributed by atoms with E-state index in [-0.39, 0.29) is 18.0 Å². The number of hydrogen-bond acceptors (Lipinski definition) is 4. The first-order valence-corrected chi connectivity index (χ1v) is 6.99. The van der Waals surface area contributed by atoms with E-state index in [1.54, 1.807) is 4.90 Å². The number of carboxylic acid groups (broad SMARTS) is 1. The number of aliphatic carboxylic acids is 1. The smallest absolute Gasteiger partial charge is 0.308 e. The molecule has 0 aromatic heterocycles. The summed E-state index contributed by atoms with van der Waals surface area (Å²) in [7, 11) is 0. The van der Waals surface area contributed by atoms with Crippen molar-refractivity contribution >= 4 is 11.9 Å². The Morgan fingerprint density at radius 2 is 1.84 bits per heavy atom. The molecule has 0 aromatic carbocycles. The standard InChI is InChI=1S/C13H23N3O3/c1-9-11(13(18)19)4-7-16(9)12(17)8-15-5-2-10(14)3-6-15/h9-11H,2-8,14H2,1H3,(H,18,19). The highest BCUT2D eigenvalue weighted by Crippen LogP contribution is 2.24. The number of hydrogen-bond donors (Lipinski definition) is 2. The summed E-state index contributed by atoms with van der Waals surface area (Å²) in [5, 5.41) is 9.07. The summed E-state index contributed by atoms with van der Waals surface area (Å²) in [4.78, 5) is 27.1. The predicted octanol–water partition coefficient (Wildman–Crippen LogP) is -0.269. The molecule has 6 nitrogen and oxygen atoms in total. The molecule has 3 N–H and O–H groups in total. The van der Waals surface area contributed by atoms with Crippen LogP contribution in [0.15, 0.2) is 0 Å². The van der Waals surface area contributed by atoms with Gasteiger partial charge in [0.2, 0.25) is 5.91 Å². The Morgan fingerprint density at radius 1 is 1.21 bits per heavy atom. The van der Waals surface area contributed by atoms with Gasteiger partial charge in [0.15, 0.2) is 0 Å². The summed E-state index contributed by atoms with van der Waals surface area (Å²) >= 11 is 0. The maximum Gasteiger partial charge on any atom is 0.308 e. The van der Waals surface area contributed by atoms with Crippen molar-refractivity contribution in [2.24, 2.45) is 11.7 Å². The fourth-order valence-corrected chi connectivity index (χ4v) is 3.02. The SMILES string of the molecule is CC1C(C(=O)O)CCN1C(=O)CN1CCC(N)CC1. The quantitative estimate of drug-likeness (QED) is 0.736. The molecule has 0 saturated carbocycles. The van der Waals surface area contributed by atoms with Crippen molar-refractivity contribution in [3.05, 3.63) is 0 Å². The minimum absolute atomic E-state index is 0.0479. The lowest BCUT2D eigenvalue weighted by Crippen LogP contribution is -2.47. The van der Waals surface area contributed by atoms with Crippen LogP contribution in [0, 0.1) is 5.92 Å². The fourth-order valence-electron chi connectivity index (χ4n) is 3.02. The highest BCUT2D eigenvalue weighted by atomic mass is 16.4. The van der Waals surface area contributed by atoms with Crippen molar-refractivity contribution in [1.29, 1.82) is 0 Å². The van der Waals surface area contributed by atoms with Gasteiger partial charge in [-0.05, 0) is 26.2 Å². The maximum atomic E-state index is 12.2. The molecule has 0 bridgehead atoms. The first-order valence-electron chi connectivity index (χ1n) is 6.99. The summed E-state index contributed by atoms with van der Waals surface area (Å²) in [6.45, 7) is 4.50. The monoisotopic (exact) mass is 269 g/mol. The van der Waals surface area contributed by atoms with Crippen LogP contribution in [0.4, 0.5) is 0 Å². The number of piperidine rings is 1. The second-order valence-electron chi connectivity index (χ2n) is 5.67. The van der Waals surface area contributed by atoms with Crippen molar-refractivity contribution in [3.63, 3.8) is 0 Å². The van der Waals surface area contributed by atoms with Crippen molar-refractivity contribution in [3.8, 4) is 0 Å². The van der Waals surface area contributed by atoms with Crippen LogP contribution in [0.3, 0.4) is 0 Å². The largest absolute Gasteiger partial charge is 0.481 e. The maximum absolute atomic E-state index is 12.2. The van der Waals surface area contributed by atoms with Crippen LogP contribution in [-0.2, 0) is 9.59 Å². The van der Waals surface area contributed by atoms with E-state index in [0.717, 1.165) is 25.9 Å². The lowest BCUT2D eigenvalue weighted by molar-refractivity contribution is -0.143. The number of carbonyl (C=O) groups is 2. The molecule has 2 fully saturated rings. The van der Waals surface area contributed by atoms with E-state index in [4.69, 9.17) is 10.8 Å². The minimum atomic E-state index is -0.799. The van der Waals surface area contributed by atoms with Gasteiger partial charge < -0.3 is 15.7 Å². The minimum Gasteiger partial charge on any atom is -0.481 e. The molecule has 108 valence electrons. The number of amides is 1. The van der Waals surface area contributed by atoms with Gasteiger partial charge in [-0.15, -0.1) is 0 Å². The Kier molecular flexibility index (Phi) is 4.42. The zero-order valence-electron chi connectivity index (χ0n) is 11.4. The highest BCUT2D eigenvalue weighted by Gasteiger charge is 2.38. The van der Waals surface area contributed by atoms with E-state index in [9.17, 15) is 9.59 Å². The van der Waals surface area contributed by atoms with Gasteiger partial charge >= 0.3 is 5.97 Å². The van der Waals surface area contributed by atoms with Crippen LogP contribution in [0.25, 0.3) is 0 Å². The third-order valence-corrected chi connectivity index (χ3v) is 4.38. The van der Waals surface area contributed by atoms with E-state index in [2.05, 4.69) is 4.90 Å². The molecule has 0 aliphatic carbocycles. The van der Waals surface area contributed by atoms with Crippen LogP contribution < -0.4 is 5.73 Å². The van der Waals surface area contributed by atoms with Gasteiger partial charge in [-0.2, -0.15) is 0 Å². The average Bonchev–Trinajstić information content (AvgIpc) is 2.74. The van der Waals surface area contributed by atoms with Gasteiger partial charge in [0.1, 0.15) is 0 Å². The predicted molar refractivity (Wildman–Crippen MR) is 70.6 cm³/mol. The van der Waals surface area contributed by atoms with Crippen molar-refractivity contribution in [1.82, 2.24) is 9.80 Å². The molecule has 6 heteroatoms. The molecule has 0 aromatic rings. The molecule has 2 unspecified atom stereocenters. The normalized spacial score (nSPS) is 29.7. The summed E-state index contributed by atoms with van der Waals surface area (Å²) in [5.74, 6) is -1.17. The van der Waals surface area contributed by atoms with Gasteiger partial charge in [0, 0.05) is 31.7 Å². The van der Waals surface area contributed by atoms with Crippen LogP contribution in [0.1, 0.15) is 26.2 Å².